The molecule has 138 valence electrons. The van der Waals surface area contributed by atoms with E-state index in [4.69, 9.17) is 9.47 Å². The number of methoxy groups -OCH3 is 1. The van der Waals surface area contributed by atoms with Crippen molar-refractivity contribution < 1.29 is 14.3 Å². The number of nitrogens with one attached hydrogen (secondary N) is 1. The van der Waals surface area contributed by atoms with Gasteiger partial charge in [-0.3, -0.25) is 4.79 Å². The molecule has 0 atom stereocenters. The van der Waals surface area contributed by atoms with Crippen LogP contribution in [0, 0.1) is 0 Å². The van der Waals surface area contributed by atoms with Gasteiger partial charge in [0, 0.05) is 20.2 Å². The summed E-state index contributed by atoms with van der Waals surface area (Å²) < 4.78 is 11.7. The number of carbonyl (C=O) groups is 1. The molecule has 25 heavy (non-hydrogen) atoms. The lowest BCUT2D eigenvalue weighted by molar-refractivity contribution is -0.160. The minimum Gasteiger partial charge on any atom is -0.378 e. The molecule has 0 aliphatic carbocycles. The molecule has 1 amide bonds. The standard InChI is InChI=1S/C20H30N2O3/c1-24-20(10-12-21-13-11-20)19(23)22-14-7-18(8-15-22)25-16-9-17-5-3-2-4-6-17/h2-6,18,21H,7-16H2,1H3. The van der Waals surface area contributed by atoms with Crippen molar-refractivity contribution in [1.29, 1.82) is 0 Å². The minimum absolute atomic E-state index is 0.166. The Hall–Kier alpha value is -1.43. The second-order valence-corrected chi connectivity index (χ2v) is 7.05. The minimum atomic E-state index is -0.619. The van der Waals surface area contributed by atoms with E-state index in [9.17, 15) is 4.79 Å². The molecule has 1 aromatic carbocycles. The van der Waals surface area contributed by atoms with Crippen LogP contribution in [0.1, 0.15) is 31.2 Å². The highest BCUT2D eigenvalue weighted by atomic mass is 16.5. The Kier molecular flexibility index (Phi) is 6.45. The Balaban J connectivity index is 1.42. The van der Waals surface area contributed by atoms with Gasteiger partial charge in [-0.1, -0.05) is 30.3 Å². The maximum atomic E-state index is 12.9. The first-order valence-electron chi connectivity index (χ1n) is 9.44. The summed E-state index contributed by atoms with van der Waals surface area (Å²) >= 11 is 0. The van der Waals surface area contributed by atoms with Gasteiger partial charge in [0.1, 0.15) is 5.60 Å². The van der Waals surface area contributed by atoms with Crippen LogP contribution in [-0.4, -0.2) is 62.4 Å². The number of benzene rings is 1. The molecule has 1 aromatic rings. The van der Waals surface area contributed by atoms with Gasteiger partial charge in [-0.05, 0) is 50.8 Å². The van der Waals surface area contributed by atoms with E-state index in [1.54, 1.807) is 7.11 Å². The Labute approximate surface area is 150 Å². The van der Waals surface area contributed by atoms with Gasteiger partial charge < -0.3 is 19.7 Å². The molecule has 0 unspecified atom stereocenters. The Bertz CT molecular complexity index is 535. The molecule has 2 saturated heterocycles. The van der Waals surface area contributed by atoms with Crippen LogP contribution in [-0.2, 0) is 20.7 Å². The molecular formula is C20H30N2O3. The zero-order valence-corrected chi connectivity index (χ0v) is 15.2. The highest BCUT2D eigenvalue weighted by Gasteiger charge is 2.43. The molecule has 2 heterocycles. The van der Waals surface area contributed by atoms with Crippen molar-refractivity contribution in [2.75, 3.05) is 39.9 Å². The highest BCUT2D eigenvalue weighted by Crippen LogP contribution is 2.27. The zero-order chi connectivity index (χ0) is 17.5. The van der Waals surface area contributed by atoms with Crippen molar-refractivity contribution in [2.24, 2.45) is 0 Å². The fraction of sp³-hybridized carbons (Fsp3) is 0.650. The van der Waals surface area contributed by atoms with Crippen LogP contribution in [0.3, 0.4) is 0 Å². The van der Waals surface area contributed by atoms with E-state index >= 15 is 0 Å². The van der Waals surface area contributed by atoms with Gasteiger partial charge in [-0.2, -0.15) is 0 Å². The Morgan fingerprint density at radius 2 is 1.88 bits per heavy atom. The van der Waals surface area contributed by atoms with Gasteiger partial charge in [0.15, 0.2) is 0 Å². The van der Waals surface area contributed by atoms with Crippen molar-refractivity contribution in [3.05, 3.63) is 35.9 Å². The number of piperidine rings is 2. The number of ether oxygens (including phenoxy) is 2. The highest BCUT2D eigenvalue weighted by molar-refractivity contribution is 5.85. The zero-order valence-electron chi connectivity index (χ0n) is 15.2. The number of hydrogen-bond acceptors (Lipinski definition) is 4. The summed E-state index contributed by atoms with van der Waals surface area (Å²) in [6.07, 6.45) is 4.56. The smallest absolute Gasteiger partial charge is 0.254 e. The molecule has 0 saturated carbocycles. The Morgan fingerprint density at radius 3 is 2.52 bits per heavy atom. The Morgan fingerprint density at radius 1 is 1.20 bits per heavy atom. The summed E-state index contributed by atoms with van der Waals surface area (Å²) in [4.78, 5) is 14.9. The summed E-state index contributed by atoms with van der Waals surface area (Å²) in [7, 11) is 1.67. The van der Waals surface area contributed by atoms with Crippen LogP contribution in [0.5, 0.6) is 0 Å². The van der Waals surface area contributed by atoms with E-state index < -0.39 is 5.60 Å². The predicted octanol–water partition coefficient (Wildman–Crippen LogP) is 2.01. The quantitative estimate of drug-likeness (QED) is 0.856. The number of likely N-dealkylation sites (tertiary alicyclic amines) is 1. The van der Waals surface area contributed by atoms with E-state index in [0.29, 0.717) is 0 Å². The molecule has 2 aliphatic heterocycles. The lowest BCUT2D eigenvalue weighted by Crippen LogP contribution is -2.57. The van der Waals surface area contributed by atoms with Crippen LogP contribution in [0.25, 0.3) is 0 Å². The SMILES string of the molecule is COC1(C(=O)N2CCC(OCCc3ccccc3)CC2)CCNCC1. The number of hydrogen-bond donors (Lipinski definition) is 1. The van der Waals surface area contributed by atoms with Gasteiger partial charge in [0.2, 0.25) is 0 Å². The first-order valence-corrected chi connectivity index (χ1v) is 9.44. The summed E-state index contributed by atoms with van der Waals surface area (Å²) in [5.41, 5.74) is 0.690. The first kappa shape index (κ1) is 18.4. The molecule has 2 aliphatic rings. The number of nitrogens with zero attached hydrogens (tertiary/aromatic N) is 1. The molecule has 0 radical (unpaired) electrons. The van der Waals surface area contributed by atoms with Crippen molar-refractivity contribution in [3.63, 3.8) is 0 Å². The fourth-order valence-electron chi connectivity index (χ4n) is 3.84. The van der Waals surface area contributed by atoms with Crippen molar-refractivity contribution in [3.8, 4) is 0 Å². The van der Waals surface area contributed by atoms with Gasteiger partial charge in [0.05, 0.1) is 12.7 Å². The van der Waals surface area contributed by atoms with Crippen LogP contribution in [0.15, 0.2) is 30.3 Å². The largest absolute Gasteiger partial charge is 0.378 e. The van der Waals surface area contributed by atoms with Gasteiger partial charge in [0.25, 0.3) is 5.91 Å². The lowest BCUT2D eigenvalue weighted by Gasteiger charge is -2.41. The van der Waals surface area contributed by atoms with Crippen LogP contribution < -0.4 is 5.32 Å². The molecule has 0 bridgehead atoms. The third-order valence-corrected chi connectivity index (χ3v) is 5.51. The van der Waals surface area contributed by atoms with Crippen LogP contribution >= 0.6 is 0 Å². The average molecular weight is 346 g/mol. The third kappa shape index (κ3) is 4.60. The second-order valence-electron chi connectivity index (χ2n) is 7.05. The van der Waals surface area contributed by atoms with Gasteiger partial charge in [-0.25, -0.2) is 0 Å². The molecule has 5 nitrogen and oxygen atoms in total. The molecular weight excluding hydrogens is 316 g/mol. The number of carbonyl (C=O) groups excluding carboxylic acids is 1. The van der Waals surface area contributed by atoms with E-state index in [1.165, 1.54) is 5.56 Å². The van der Waals surface area contributed by atoms with Crippen molar-refractivity contribution in [2.45, 2.75) is 43.8 Å². The maximum Gasteiger partial charge on any atom is 0.254 e. The van der Waals surface area contributed by atoms with E-state index in [2.05, 4.69) is 29.6 Å². The van der Waals surface area contributed by atoms with Crippen LogP contribution in [0.4, 0.5) is 0 Å². The van der Waals surface area contributed by atoms with E-state index in [1.807, 2.05) is 11.0 Å². The molecule has 3 rings (SSSR count). The first-order chi connectivity index (χ1) is 12.2. The van der Waals surface area contributed by atoms with Crippen molar-refractivity contribution in [1.82, 2.24) is 10.2 Å². The second kappa shape index (κ2) is 8.79. The molecule has 5 heteroatoms. The number of rotatable bonds is 6. The predicted molar refractivity (Wildman–Crippen MR) is 97.5 cm³/mol. The summed E-state index contributed by atoms with van der Waals surface area (Å²) in [6, 6.07) is 10.4. The normalized spacial score (nSPS) is 21.2. The number of amides is 1. The third-order valence-electron chi connectivity index (χ3n) is 5.51. The van der Waals surface area contributed by atoms with Crippen molar-refractivity contribution >= 4 is 5.91 Å². The van der Waals surface area contributed by atoms with Crippen LogP contribution in [0.2, 0.25) is 0 Å². The van der Waals surface area contributed by atoms with E-state index in [-0.39, 0.29) is 12.0 Å². The lowest BCUT2D eigenvalue weighted by atomic mass is 9.89. The average Bonchev–Trinajstić information content (AvgIpc) is 2.69. The summed E-state index contributed by atoms with van der Waals surface area (Å²) in [5.74, 6) is 0.166. The monoisotopic (exact) mass is 346 g/mol. The summed E-state index contributed by atoms with van der Waals surface area (Å²) in [5, 5.41) is 3.30. The maximum absolute atomic E-state index is 12.9. The molecule has 0 spiro atoms. The van der Waals surface area contributed by atoms with Gasteiger partial charge in [-0.15, -0.1) is 0 Å². The molecule has 2 fully saturated rings. The van der Waals surface area contributed by atoms with Gasteiger partial charge >= 0.3 is 0 Å². The molecule has 1 N–H and O–H groups in total. The van der Waals surface area contributed by atoms with E-state index in [0.717, 1.165) is 64.9 Å². The molecule has 0 aromatic heterocycles. The topological polar surface area (TPSA) is 50.8 Å². The summed E-state index contributed by atoms with van der Waals surface area (Å²) in [6.45, 7) is 3.98. The fourth-order valence-corrected chi connectivity index (χ4v) is 3.84.